The molecule has 3 aromatic carbocycles. The van der Waals surface area contributed by atoms with Gasteiger partial charge in [-0.15, -0.1) is 0 Å². The zero-order chi connectivity index (χ0) is 23.0. The number of nitrogens with two attached hydrogens (primary N) is 1. The van der Waals surface area contributed by atoms with Crippen LogP contribution in [0.1, 0.15) is 27.0 Å². The number of carbonyl (C=O) groups is 1. The van der Waals surface area contributed by atoms with Crippen molar-refractivity contribution in [3.8, 4) is 16.9 Å². The molecule has 0 aliphatic heterocycles. The first-order valence-corrected chi connectivity index (χ1v) is 10.6. The topological polar surface area (TPSA) is 97.5 Å². The Kier molecular flexibility index (Phi) is 5.93. The monoisotopic (exact) mass is 449 g/mol. The van der Waals surface area contributed by atoms with E-state index in [1.165, 1.54) is 42.5 Å². The molecule has 0 unspecified atom stereocenters. The number of aryl methyl sites for hydroxylation is 1. The van der Waals surface area contributed by atoms with Gasteiger partial charge in [-0.1, -0.05) is 36.4 Å². The molecule has 0 spiro atoms. The van der Waals surface area contributed by atoms with Gasteiger partial charge in [0.15, 0.2) is 5.78 Å². The van der Waals surface area contributed by atoms with E-state index in [1.807, 2.05) is 0 Å². The van der Waals surface area contributed by atoms with Gasteiger partial charge in [0.2, 0.25) is 10.0 Å². The fraction of sp³-hybridized carbons (Fsp3) is 0.136. The van der Waals surface area contributed by atoms with Crippen molar-refractivity contribution in [3.05, 3.63) is 82.9 Å². The van der Waals surface area contributed by atoms with Gasteiger partial charge in [0, 0.05) is 12.0 Å². The average Bonchev–Trinajstić information content (AvgIpc) is 2.66. The average molecular weight is 449 g/mol. The molecule has 31 heavy (non-hydrogen) atoms. The molecule has 0 heterocycles. The van der Waals surface area contributed by atoms with Crippen molar-refractivity contribution in [2.24, 2.45) is 5.14 Å². The predicted molar refractivity (Wildman–Crippen MR) is 109 cm³/mol. The van der Waals surface area contributed by atoms with Crippen LogP contribution in [-0.2, 0) is 22.6 Å². The number of sulfonamides is 1. The fourth-order valence-corrected chi connectivity index (χ4v) is 3.91. The summed E-state index contributed by atoms with van der Waals surface area (Å²) >= 11 is 0. The summed E-state index contributed by atoms with van der Waals surface area (Å²) in [4.78, 5) is 12.2. The third-order valence-corrected chi connectivity index (χ3v) is 5.72. The summed E-state index contributed by atoms with van der Waals surface area (Å²) in [6.07, 6.45) is -4.65. The first-order valence-electron chi connectivity index (χ1n) is 9.03. The molecule has 0 radical (unpaired) electrons. The third-order valence-electron chi connectivity index (χ3n) is 4.77. The van der Waals surface area contributed by atoms with Gasteiger partial charge in [0.25, 0.3) is 0 Å². The molecule has 162 valence electrons. The molecular formula is C22H18F3NO4S. The standard InChI is InChI=1S/C22H18F3NO4S/c1-13-10-15(7-8-16(13)17-4-2-3-5-18(17)22(23,24)25)19(27)11-14-6-9-21(20(28)12-14)31(26,29)30/h2-10,12,28H,11H2,1H3,(H2,26,29,30). The van der Waals surface area contributed by atoms with E-state index in [0.717, 1.165) is 18.2 Å². The lowest BCUT2D eigenvalue weighted by Gasteiger charge is -2.15. The van der Waals surface area contributed by atoms with Crippen molar-refractivity contribution < 1.29 is 31.5 Å². The van der Waals surface area contributed by atoms with E-state index in [4.69, 9.17) is 5.14 Å². The summed E-state index contributed by atoms with van der Waals surface area (Å²) in [6.45, 7) is 1.62. The number of Topliss-reactive ketones (excluding diaryl/α,β-unsaturated/α-hetero) is 1. The highest BCUT2D eigenvalue weighted by molar-refractivity contribution is 7.89. The zero-order valence-electron chi connectivity index (χ0n) is 16.3. The Balaban J connectivity index is 1.89. The van der Waals surface area contributed by atoms with Gasteiger partial charge in [0.1, 0.15) is 10.6 Å². The maximum Gasteiger partial charge on any atom is 0.417 e. The highest BCUT2D eigenvalue weighted by Crippen LogP contribution is 2.38. The van der Waals surface area contributed by atoms with Gasteiger partial charge >= 0.3 is 6.18 Å². The van der Waals surface area contributed by atoms with Crippen LogP contribution in [-0.4, -0.2) is 19.3 Å². The van der Waals surface area contributed by atoms with E-state index in [1.54, 1.807) is 6.92 Å². The minimum absolute atomic E-state index is 0.0232. The normalized spacial score (nSPS) is 12.0. The van der Waals surface area contributed by atoms with Gasteiger partial charge in [-0.05, 0) is 53.4 Å². The molecule has 3 aromatic rings. The number of phenolic OH excluding ortho intramolecular Hbond substituents is 1. The summed E-state index contributed by atoms with van der Waals surface area (Å²) in [7, 11) is -4.10. The molecule has 9 heteroatoms. The van der Waals surface area contributed by atoms with E-state index in [9.17, 15) is 31.5 Å². The highest BCUT2D eigenvalue weighted by Gasteiger charge is 2.33. The molecule has 0 bridgehead atoms. The van der Waals surface area contributed by atoms with Crippen LogP contribution in [0.4, 0.5) is 13.2 Å². The van der Waals surface area contributed by atoms with Crippen LogP contribution in [0.15, 0.2) is 65.6 Å². The molecule has 3 rings (SSSR count). The number of aromatic hydroxyl groups is 1. The van der Waals surface area contributed by atoms with Crippen molar-refractivity contribution in [1.82, 2.24) is 0 Å². The summed E-state index contributed by atoms with van der Waals surface area (Å²) in [5, 5.41) is 14.8. The molecule has 0 saturated carbocycles. The Bertz CT molecular complexity index is 1270. The maximum absolute atomic E-state index is 13.3. The van der Waals surface area contributed by atoms with Gasteiger partial charge in [0.05, 0.1) is 5.56 Å². The number of carbonyl (C=O) groups excluding carboxylic acids is 1. The largest absolute Gasteiger partial charge is 0.507 e. The van der Waals surface area contributed by atoms with Gasteiger partial charge < -0.3 is 5.11 Å². The molecule has 0 aliphatic rings. The lowest BCUT2D eigenvalue weighted by Crippen LogP contribution is -2.12. The predicted octanol–water partition coefficient (Wildman–Crippen LogP) is 4.46. The van der Waals surface area contributed by atoms with Crippen LogP contribution in [0.2, 0.25) is 0 Å². The van der Waals surface area contributed by atoms with Crippen LogP contribution >= 0.6 is 0 Å². The first kappa shape index (κ1) is 22.5. The van der Waals surface area contributed by atoms with Crippen LogP contribution in [0.25, 0.3) is 11.1 Å². The Morgan fingerprint density at radius 1 is 1.00 bits per heavy atom. The quantitative estimate of drug-likeness (QED) is 0.562. The molecule has 0 aliphatic carbocycles. The summed E-state index contributed by atoms with van der Waals surface area (Å²) in [6, 6.07) is 13.2. The number of phenols is 1. The second-order valence-corrected chi connectivity index (χ2v) is 8.55. The number of alkyl halides is 3. The van der Waals surface area contributed by atoms with E-state index in [2.05, 4.69) is 0 Å². The van der Waals surface area contributed by atoms with E-state index in [0.29, 0.717) is 16.7 Å². The summed E-state index contributed by atoms with van der Waals surface area (Å²) < 4.78 is 62.7. The minimum Gasteiger partial charge on any atom is -0.507 e. The molecule has 0 fully saturated rings. The number of hydrogen-bond donors (Lipinski definition) is 2. The van der Waals surface area contributed by atoms with Crippen LogP contribution < -0.4 is 5.14 Å². The second kappa shape index (κ2) is 8.16. The maximum atomic E-state index is 13.3. The first-order chi connectivity index (χ1) is 14.4. The molecule has 0 atom stereocenters. The van der Waals surface area contributed by atoms with Crippen molar-refractivity contribution in [1.29, 1.82) is 0 Å². The van der Waals surface area contributed by atoms with Crippen molar-refractivity contribution in [2.75, 3.05) is 0 Å². The molecule has 5 nitrogen and oxygen atoms in total. The van der Waals surface area contributed by atoms with E-state index < -0.39 is 32.4 Å². The van der Waals surface area contributed by atoms with Gasteiger partial charge in [-0.25, -0.2) is 13.6 Å². The van der Waals surface area contributed by atoms with E-state index >= 15 is 0 Å². The smallest absolute Gasteiger partial charge is 0.417 e. The Hall–Kier alpha value is -3.17. The van der Waals surface area contributed by atoms with Crippen molar-refractivity contribution in [3.63, 3.8) is 0 Å². The lowest BCUT2D eigenvalue weighted by atomic mass is 9.92. The number of rotatable bonds is 5. The zero-order valence-corrected chi connectivity index (χ0v) is 17.1. The second-order valence-electron chi connectivity index (χ2n) is 7.02. The molecule has 0 saturated heterocycles. The van der Waals surface area contributed by atoms with E-state index in [-0.39, 0.29) is 23.3 Å². The Morgan fingerprint density at radius 2 is 1.68 bits per heavy atom. The molecule has 3 N–H and O–H groups in total. The van der Waals surface area contributed by atoms with Crippen LogP contribution in [0, 0.1) is 6.92 Å². The highest BCUT2D eigenvalue weighted by atomic mass is 32.2. The van der Waals surface area contributed by atoms with Crippen molar-refractivity contribution in [2.45, 2.75) is 24.4 Å². The van der Waals surface area contributed by atoms with Crippen molar-refractivity contribution >= 4 is 15.8 Å². The Morgan fingerprint density at radius 3 is 2.26 bits per heavy atom. The molecular weight excluding hydrogens is 431 g/mol. The lowest BCUT2D eigenvalue weighted by molar-refractivity contribution is -0.137. The Labute approximate surface area is 177 Å². The third kappa shape index (κ3) is 4.95. The summed E-state index contributed by atoms with van der Waals surface area (Å²) in [5.74, 6) is -0.912. The van der Waals surface area contributed by atoms with Crippen LogP contribution in [0.5, 0.6) is 5.75 Å². The van der Waals surface area contributed by atoms with Crippen LogP contribution in [0.3, 0.4) is 0 Å². The van der Waals surface area contributed by atoms with Gasteiger partial charge in [-0.2, -0.15) is 13.2 Å². The molecule has 0 aromatic heterocycles. The number of hydrogen-bond acceptors (Lipinski definition) is 4. The number of halogens is 3. The number of primary sulfonamides is 1. The summed E-state index contributed by atoms with van der Waals surface area (Å²) in [5.41, 5.74) is 0.756. The fourth-order valence-electron chi connectivity index (χ4n) is 3.31. The molecule has 0 amide bonds. The minimum atomic E-state index is -4.51. The number of benzene rings is 3. The number of ketones is 1. The van der Waals surface area contributed by atoms with Gasteiger partial charge in [-0.3, -0.25) is 4.79 Å². The SMILES string of the molecule is Cc1cc(C(=O)Cc2ccc(S(N)(=O)=O)c(O)c2)ccc1-c1ccccc1C(F)(F)F.